The van der Waals surface area contributed by atoms with Crippen molar-refractivity contribution in [3.63, 3.8) is 0 Å². The van der Waals surface area contributed by atoms with Crippen molar-refractivity contribution < 1.29 is 28.6 Å². The van der Waals surface area contributed by atoms with Crippen LogP contribution in [0.4, 0.5) is 0 Å². The van der Waals surface area contributed by atoms with Crippen LogP contribution in [0.15, 0.2) is 48.6 Å². The maximum absolute atomic E-state index is 12.7. The highest BCUT2D eigenvalue weighted by Gasteiger charge is 2.19. The van der Waals surface area contributed by atoms with E-state index in [9.17, 15) is 14.4 Å². The van der Waals surface area contributed by atoms with Crippen molar-refractivity contribution in [1.29, 1.82) is 0 Å². The number of ether oxygens (including phenoxy) is 3. The van der Waals surface area contributed by atoms with Gasteiger partial charge in [-0.25, -0.2) is 0 Å². The summed E-state index contributed by atoms with van der Waals surface area (Å²) in [6.45, 7) is 6.43. The Labute approximate surface area is 333 Å². The quantitative estimate of drug-likeness (QED) is 0.0268. The number of carbonyl (C=O) groups is 3. The third-order valence-corrected chi connectivity index (χ3v) is 9.57. The first kappa shape index (κ1) is 51.4. The number of carbonyl (C=O) groups excluding carboxylic acids is 3. The summed E-state index contributed by atoms with van der Waals surface area (Å²) in [5, 5.41) is 0. The summed E-state index contributed by atoms with van der Waals surface area (Å²) in [6.07, 6.45) is 49.6. The molecule has 0 aromatic heterocycles. The molecule has 0 aromatic carbocycles. The normalized spacial score (nSPS) is 12.4. The van der Waals surface area contributed by atoms with E-state index in [2.05, 4.69) is 69.4 Å². The highest BCUT2D eigenvalue weighted by atomic mass is 16.6. The highest BCUT2D eigenvalue weighted by molar-refractivity contribution is 5.71. The van der Waals surface area contributed by atoms with E-state index in [4.69, 9.17) is 14.2 Å². The smallest absolute Gasteiger partial charge is 0.306 e. The maximum atomic E-state index is 12.7. The summed E-state index contributed by atoms with van der Waals surface area (Å²) in [7, 11) is 0. The highest BCUT2D eigenvalue weighted by Crippen LogP contribution is 2.14. The van der Waals surface area contributed by atoms with Gasteiger partial charge < -0.3 is 14.2 Å². The molecule has 6 nitrogen and oxygen atoms in total. The summed E-state index contributed by atoms with van der Waals surface area (Å²) < 4.78 is 16.6. The van der Waals surface area contributed by atoms with Crippen LogP contribution in [0.5, 0.6) is 0 Å². The third-order valence-electron chi connectivity index (χ3n) is 9.57. The lowest BCUT2D eigenvalue weighted by Crippen LogP contribution is -2.30. The molecule has 0 amide bonds. The Balaban J connectivity index is 4.40. The van der Waals surface area contributed by atoms with Gasteiger partial charge in [-0.2, -0.15) is 0 Å². The lowest BCUT2D eigenvalue weighted by atomic mass is 10.1. The van der Waals surface area contributed by atoms with Gasteiger partial charge in [0.2, 0.25) is 0 Å². The van der Waals surface area contributed by atoms with Gasteiger partial charge in [0.25, 0.3) is 0 Å². The van der Waals surface area contributed by atoms with Crippen LogP contribution in [-0.4, -0.2) is 37.2 Å². The Hall–Kier alpha value is -2.63. The van der Waals surface area contributed by atoms with Gasteiger partial charge in [0.05, 0.1) is 0 Å². The number of esters is 3. The van der Waals surface area contributed by atoms with Gasteiger partial charge in [-0.05, 0) is 70.6 Å². The molecule has 0 N–H and O–H groups in total. The van der Waals surface area contributed by atoms with E-state index in [0.717, 1.165) is 64.2 Å². The Morgan fingerprint density at radius 2 is 0.741 bits per heavy atom. The van der Waals surface area contributed by atoms with Crippen LogP contribution in [0.3, 0.4) is 0 Å². The average molecular weight is 757 g/mol. The Kier molecular flexibility index (Phi) is 41.0. The van der Waals surface area contributed by atoms with Crippen molar-refractivity contribution in [1.82, 2.24) is 0 Å². The molecule has 0 aliphatic heterocycles. The van der Waals surface area contributed by atoms with E-state index in [1.165, 1.54) is 109 Å². The Morgan fingerprint density at radius 1 is 0.389 bits per heavy atom. The number of unbranched alkanes of at least 4 members (excludes halogenated alkanes) is 21. The lowest BCUT2D eigenvalue weighted by molar-refractivity contribution is -0.167. The summed E-state index contributed by atoms with van der Waals surface area (Å²) in [5.41, 5.74) is 0. The van der Waals surface area contributed by atoms with E-state index >= 15 is 0 Å². The number of rotatable bonds is 40. The molecule has 0 bridgehead atoms. The van der Waals surface area contributed by atoms with Crippen LogP contribution >= 0.6 is 0 Å². The summed E-state index contributed by atoms with van der Waals surface area (Å²) in [5.74, 6) is -0.956. The second-order valence-corrected chi connectivity index (χ2v) is 14.9. The largest absolute Gasteiger partial charge is 0.462 e. The summed E-state index contributed by atoms with van der Waals surface area (Å²) >= 11 is 0. The third kappa shape index (κ3) is 40.6. The molecule has 0 fully saturated rings. The molecular weight excluding hydrogens is 673 g/mol. The molecule has 0 aliphatic rings. The average Bonchev–Trinajstić information content (AvgIpc) is 3.17. The predicted octanol–water partition coefficient (Wildman–Crippen LogP) is 14.4. The van der Waals surface area contributed by atoms with Gasteiger partial charge in [0.1, 0.15) is 13.2 Å². The molecule has 0 spiro atoms. The van der Waals surface area contributed by atoms with Crippen LogP contribution in [0.2, 0.25) is 0 Å². The molecule has 0 heterocycles. The second kappa shape index (κ2) is 43.1. The fourth-order valence-corrected chi connectivity index (χ4v) is 6.16. The van der Waals surface area contributed by atoms with E-state index in [1.54, 1.807) is 0 Å². The minimum Gasteiger partial charge on any atom is -0.462 e. The van der Waals surface area contributed by atoms with Crippen LogP contribution in [0, 0.1) is 0 Å². The molecule has 6 heteroatoms. The van der Waals surface area contributed by atoms with Gasteiger partial charge >= 0.3 is 17.9 Å². The fraction of sp³-hybridized carbons (Fsp3) is 0.771. The van der Waals surface area contributed by atoms with Gasteiger partial charge in [-0.15, -0.1) is 0 Å². The van der Waals surface area contributed by atoms with Crippen LogP contribution in [-0.2, 0) is 28.6 Å². The monoisotopic (exact) mass is 757 g/mol. The Morgan fingerprint density at radius 3 is 1.22 bits per heavy atom. The van der Waals surface area contributed by atoms with Crippen molar-refractivity contribution in [3.05, 3.63) is 48.6 Å². The number of hydrogen-bond donors (Lipinski definition) is 0. The van der Waals surface area contributed by atoms with Crippen molar-refractivity contribution in [3.8, 4) is 0 Å². The molecule has 0 rings (SSSR count). The molecule has 0 aromatic rings. The second-order valence-electron chi connectivity index (χ2n) is 14.9. The fourth-order valence-electron chi connectivity index (χ4n) is 6.16. The molecule has 54 heavy (non-hydrogen) atoms. The van der Waals surface area contributed by atoms with Gasteiger partial charge in [-0.3, -0.25) is 14.4 Å². The van der Waals surface area contributed by atoms with E-state index in [0.29, 0.717) is 19.3 Å². The van der Waals surface area contributed by atoms with Crippen LogP contribution in [0.25, 0.3) is 0 Å². The Bertz CT molecular complexity index is 964. The molecule has 312 valence electrons. The molecular formula is C48H84O6. The zero-order valence-electron chi connectivity index (χ0n) is 35.5. The number of hydrogen-bond acceptors (Lipinski definition) is 6. The van der Waals surface area contributed by atoms with E-state index in [-0.39, 0.29) is 37.5 Å². The standard InChI is InChI=1S/C48H84O6/c1-4-7-10-13-16-19-22-23-24-25-27-29-32-35-38-41-47(50)53-44-45(43-52-46(49)40-37-34-31-28-21-18-15-12-9-6-3)54-48(51)42-39-36-33-30-26-20-17-14-11-8-5-2/h8,11,17,19-20,22,30,33,45H,4-7,9-10,12-16,18,21,23-29,31-32,34-44H2,1-3H3/b11-8-,20-17-,22-19-,33-30-. The van der Waals surface area contributed by atoms with Crippen LogP contribution in [0.1, 0.15) is 220 Å². The van der Waals surface area contributed by atoms with Gasteiger partial charge in [-0.1, -0.05) is 179 Å². The first-order valence-electron chi connectivity index (χ1n) is 22.6. The molecule has 0 radical (unpaired) electrons. The van der Waals surface area contributed by atoms with Crippen molar-refractivity contribution in [2.45, 2.75) is 226 Å². The first-order valence-corrected chi connectivity index (χ1v) is 22.6. The first-order chi connectivity index (χ1) is 26.5. The predicted molar refractivity (Wildman–Crippen MR) is 229 cm³/mol. The van der Waals surface area contributed by atoms with Crippen molar-refractivity contribution in [2.75, 3.05) is 13.2 Å². The molecule has 0 aliphatic carbocycles. The van der Waals surface area contributed by atoms with E-state index < -0.39 is 6.10 Å². The van der Waals surface area contributed by atoms with Crippen molar-refractivity contribution >= 4 is 17.9 Å². The van der Waals surface area contributed by atoms with Gasteiger partial charge in [0.15, 0.2) is 6.10 Å². The molecule has 1 unspecified atom stereocenters. The summed E-state index contributed by atoms with van der Waals surface area (Å²) in [4.78, 5) is 37.6. The topological polar surface area (TPSA) is 78.9 Å². The number of allylic oxidation sites excluding steroid dienone is 8. The molecule has 0 saturated carbocycles. The SMILES string of the molecule is CC/C=C\C/C=C\C/C=C\CCCC(=O)OC(COC(=O)CCCCCCCCC/C=C\CCCCCC)COC(=O)CCCCCCCCCCCC. The van der Waals surface area contributed by atoms with Crippen molar-refractivity contribution in [2.24, 2.45) is 0 Å². The van der Waals surface area contributed by atoms with E-state index in [1.807, 2.05) is 0 Å². The van der Waals surface area contributed by atoms with Crippen LogP contribution < -0.4 is 0 Å². The molecule has 1 atom stereocenters. The summed E-state index contributed by atoms with van der Waals surface area (Å²) in [6, 6.07) is 0. The minimum atomic E-state index is -0.795. The molecule has 0 saturated heterocycles. The lowest BCUT2D eigenvalue weighted by Gasteiger charge is -2.18. The minimum absolute atomic E-state index is 0.0932. The maximum Gasteiger partial charge on any atom is 0.306 e. The zero-order chi connectivity index (χ0) is 39.4. The zero-order valence-corrected chi connectivity index (χ0v) is 35.5. The van der Waals surface area contributed by atoms with Gasteiger partial charge in [0, 0.05) is 19.3 Å².